The van der Waals surface area contributed by atoms with Crippen molar-refractivity contribution >= 4 is 17.7 Å². The van der Waals surface area contributed by atoms with Gasteiger partial charge in [0.05, 0.1) is 12.7 Å². The second kappa shape index (κ2) is 8.81. The number of carbonyl (C=O) groups is 1. The van der Waals surface area contributed by atoms with E-state index in [-0.39, 0.29) is 11.8 Å². The molecule has 27 heavy (non-hydrogen) atoms. The maximum absolute atomic E-state index is 14.3. The number of aryl methyl sites for hydroxylation is 1. The fourth-order valence-electron chi connectivity index (χ4n) is 2.68. The summed E-state index contributed by atoms with van der Waals surface area (Å²) in [4.78, 5) is 11.8. The summed E-state index contributed by atoms with van der Waals surface area (Å²) in [5.41, 5.74) is 1.54. The van der Waals surface area contributed by atoms with E-state index in [1.807, 2.05) is 34.9 Å². The number of rotatable bonds is 7. The van der Waals surface area contributed by atoms with Crippen LogP contribution >= 0.6 is 11.8 Å². The molecule has 3 rings (SSSR count). The molecular formula is C20H20FN3O2S. The maximum Gasteiger partial charge on any atom is 0.318 e. The van der Waals surface area contributed by atoms with Gasteiger partial charge in [0, 0.05) is 6.54 Å². The predicted octanol–water partition coefficient (Wildman–Crippen LogP) is 3.98. The predicted molar refractivity (Wildman–Crippen MR) is 103 cm³/mol. The zero-order chi connectivity index (χ0) is 19.2. The van der Waals surface area contributed by atoms with Crippen LogP contribution in [0, 0.1) is 5.82 Å². The number of aromatic nitrogens is 3. The summed E-state index contributed by atoms with van der Waals surface area (Å²) in [6, 6.07) is 16.5. The average molecular weight is 385 g/mol. The van der Waals surface area contributed by atoms with Crippen molar-refractivity contribution < 1.29 is 13.9 Å². The Kier molecular flexibility index (Phi) is 6.24. The van der Waals surface area contributed by atoms with Crippen molar-refractivity contribution in [2.75, 3.05) is 7.11 Å². The van der Waals surface area contributed by atoms with Crippen LogP contribution in [0.5, 0.6) is 0 Å². The summed E-state index contributed by atoms with van der Waals surface area (Å²) in [6.45, 7) is 2.31. The molecule has 0 saturated heterocycles. The molecule has 0 N–H and O–H groups in total. The van der Waals surface area contributed by atoms with Gasteiger partial charge in [0.2, 0.25) is 0 Å². The molecule has 0 aliphatic heterocycles. The van der Waals surface area contributed by atoms with Gasteiger partial charge in [0.25, 0.3) is 0 Å². The van der Waals surface area contributed by atoms with Gasteiger partial charge < -0.3 is 9.30 Å². The van der Waals surface area contributed by atoms with Crippen molar-refractivity contribution in [3.05, 3.63) is 66.0 Å². The zero-order valence-corrected chi connectivity index (χ0v) is 15.9. The molecule has 0 bridgehead atoms. The maximum atomic E-state index is 14.3. The summed E-state index contributed by atoms with van der Waals surface area (Å²) >= 11 is 1.25. The quantitative estimate of drug-likeness (QED) is 0.455. The van der Waals surface area contributed by atoms with Crippen LogP contribution in [0.4, 0.5) is 4.39 Å². The lowest BCUT2D eigenvalue weighted by Gasteiger charge is -2.13. The van der Waals surface area contributed by atoms with Crippen LogP contribution in [0.1, 0.15) is 12.5 Å². The van der Waals surface area contributed by atoms with Crippen molar-refractivity contribution in [2.24, 2.45) is 0 Å². The van der Waals surface area contributed by atoms with E-state index >= 15 is 0 Å². The van der Waals surface area contributed by atoms with Crippen LogP contribution in [-0.4, -0.2) is 33.1 Å². The largest absolute Gasteiger partial charge is 0.468 e. The Hall–Kier alpha value is -2.67. The number of nitrogens with zero attached hydrogens (tertiary/aromatic N) is 3. The van der Waals surface area contributed by atoms with Gasteiger partial charge in [-0.15, -0.1) is 10.2 Å². The van der Waals surface area contributed by atoms with Gasteiger partial charge in [-0.05, 0) is 31.0 Å². The lowest BCUT2D eigenvalue weighted by atomic mass is 10.1. The smallest absolute Gasteiger partial charge is 0.318 e. The third-order valence-corrected chi connectivity index (χ3v) is 5.17. The molecule has 0 aliphatic carbocycles. The molecule has 1 heterocycles. The molecule has 5 nitrogen and oxygen atoms in total. The molecular weight excluding hydrogens is 365 g/mol. The molecule has 2 aromatic carbocycles. The fourth-order valence-corrected chi connectivity index (χ4v) is 3.58. The number of esters is 1. The van der Waals surface area contributed by atoms with Gasteiger partial charge in [0.1, 0.15) is 11.1 Å². The van der Waals surface area contributed by atoms with Gasteiger partial charge in [-0.2, -0.15) is 0 Å². The first-order chi connectivity index (χ1) is 13.1. The van der Waals surface area contributed by atoms with E-state index < -0.39 is 5.25 Å². The summed E-state index contributed by atoms with van der Waals surface area (Å²) in [5.74, 6) is -0.253. The van der Waals surface area contributed by atoms with Crippen LogP contribution in [0.2, 0.25) is 0 Å². The monoisotopic (exact) mass is 385 g/mol. The van der Waals surface area contributed by atoms with Crippen molar-refractivity contribution in [3.8, 4) is 11.4 Å². The van der Waals surface area contributed by atoms with Crippen LogP contribution in [0.15, 0.2) is 59.8 Å². The standard InChI is InChI=1S/C20H20FN3O2S/c1-14(19(25)26-2)27-20-23-22-18(16-10-6-7-11-17(16)21)24(20)13-12-15-8-4-3-5-9-15/h3-11,14H,12-13H2,1-2H3/t14-/m1/s1. The summed E-state index contributed by atoms with van der Waals surface area (Å²) in [6.07, 6.45) is 0.737. The lowest BCUT2D eigenvalue weighted by Crippen LogP contribution is -2.16. The Morgan fingerprint density at radius 2 is 1.85 bits per heavy atom. The van der Waals surface area contributed by atoms with Gasteiger partial charge in [-0.3, -0.25) is 4.79 Å². The molecule has 7 heteroatoms. The van der Waals surface area contributed by atoms with Gasteiger partial charge in [-0.1, -0.05) is 54.2 Å². The Labute approximate surface area is 161 Å². The highest BCUT2D eigenvalue weighted by Crippen LogP contribution is 2.28. The number of hydrogen-bond acceptors (Lipinski definition) is 5. The van der Waals surface area contributed by atoms with Crippen LogP contribution in [-0.2, 0) is 22.5 Å². The number of halogens is 1. The minimum atomic E-state index is -0.442. The summed E-state index contributed by atoms with van der Waals surface area (Å²) in [5, 5.41) is 8.52. The van der Waals surface area contributed by atoms with E-state index in [0.29, 0.717) is 23.1 Å². The molecule has 3 aromatic rings. The van der Waals surface area contributed by atoms with Gasteiger partial charge in [-0.25, -0.2) is 4.39 Å². The molecule has 0 amide bonds. The highest BCUT2D eigenvalue weighted by Gasteiger charge is 2.22. The SMILES string of the molecule is COC(=O)[C@@H](C)Sc1nnc(-c2ccccc2F)n1CCc1ccccc1. The normalized spacial score (nSPS) is 12.0. The molecule has 0 saturated carbocycles. The number of ether oxygens (including phenoxy) is 1. The topological polar surface area (TPSA) is 57.0 Å². The molecule has 140 valence electrons. The zero-order valence-electron chi connectivity index (χ0n) is 15.1. The van der Waals surface area contributed by atoms with Crippen molar-refractivity contribution in [1.82, 2.24) is 14.8 Å². The lowest BCUT2D eigenvalue weighted by molar-refractivity contribution is -0.139. The molecule has 1 aromatic heterocycles. The van der Waals surface area contributed by atoms with E-state index in [1.54, 1.807) is 25.1 Å². The molecule has 0 fully saturated rings. The molecule has 1 atom stereocenters. The first-order valence-corrected chi connectivity index (χ1v) is 9.44. The second-order valence-electron chi connectivity index (χ2n) is 5.96. The van der Waals surface area contributed by atoms with E-state index in [0.717, 1.165) is 12.0 Å². The second-order valence-corrected chi connectivity index (χ2v) is 7.26. The number of carbonyl (C=O) groups excluding carboxylic acids is 1. The number of methoxy groups -OCH3 is 1. The molecule has 0 radical (unpaired) electrons. The number of benzene rings is 2. The minimum absolute atomic E-state index is 0.343. The van der Waals surface area contributed by atoms with Crippen LogP contribution < -0.4 is 0 Å². The third-order valence-electron chi connectivity index (χ3n) is 4.11. The Morgan fingerprint density at radius 1 is 1.15 bits per heavy atom. The minimum Gasteiger partial charge on any atom is -0.468 e. The van der Waals surface area contributed by atoms with E-state index in [1.165, 1.54) is 24.9 Å². The van der Waals surface area contributed by atoms with Crippen LogP contribution in [0.3, 0.4) is 0 Å². The van der Waals surface area contributed by atoms with E-state index in [4.69, 9.17) is 4.74 Å². The highest BCUT2D eigenvalue weighted by atomic mass is 32.2. The summed E-state index contributed by atoms with van der Waals surface area (Å²) in [7, 11) is 1.35. The van der Waals surface area contributed by atoms with Crippen molar-refractivity contribution in [2.45, 2.75) is 30.3 Å². The molecule has 0 aliphatic rings. The average Bonchev–Trinajstić information content (AvgIpc) is 3.09. The number of hydrogen-bond donors (Lipinski definition) is 0. The first kappa shape index (κ1) is 19.1. The third kappa shape index (κ3) is 4.54. The Balaban J connectivity index is 1.93. The van der Waals surface area contributed by atoms with Gasteiger partial charge >= 0.3 is 5.97 Å². The molecule has 0 unspecified atom stereocenters. The van der Waals surface area contributed by atoms with Gasteiger partial charge in [0.15, 0.2) is 11.0 Å². The molecule has 0 spiro atoms. The summed E-state index contributed by atoms with van der Waals surface area (Å²) < 4.78 is 21.0. The Morgan fingerprint density at radius 3 is 2.56 bits per heavy atom. The first-order valence-electron chi connectivity index (χ1n) is 8.56. The highest BCUT2D eigenvalue weighted by molar-refractivity contribution is 8.00. The van der Waals surface area contributed by atoms with Crippen molar-refractivity contribution in [1.29, 1.82) is 0 Å². The fraction of sp³-hybridized carbons (Fsp3) is 0.250. The van der Waals surface area contributed by atoms with E-state index in [2.05, 4.69) is 10.2 Å². The van der Waals surface area contributed by atoms with Crippen molar-refractivity contribution in [3.63, 3.8) is 0 Å². The Bertz CT molecular complexity index is 915. The number of thioether (sulfide) groups is 1. The van der Waals surface area contributed by atoms with Crippen LogP contribution in [0.25, 0.3) is 11.4 Å². The van der Waals surface area contributed by atoms with E-state index in [9.17, 15) is 9.18 Å².